The first-order valence-electron chi connectivity index (χ1n) is 3.79. The molecule has 4 nitrogen and oxygen atoms in total. The lowest BCUT2D eigenvalue weighted by Gasteiger charge is -2.09. The Hall–Kier alpha value is -0.460. The number of carbonyl (C=O) groups is 1. The molecule has 0 aliphatic rings. The smallest absolute Gasteiger partial charge is 0.305 e. The lowest BCUT2D eigenvalue weighted by atomic mass is 10.1. The molecule has 0 bridgehead atoms. The number of carboxylic acids is 1. The van der Waals surface area contributed by atoms with Gasteiger partial charge in [0.1, 0.15) is 4.60 Å². The Morgan fingerprint density at radius 1 is 1.64 bits per heavy atom. The Labute approximate surface area is 97.8 Å². The maximum Gasteiger partial charge on any atom is 0.305 e. The molecule has 1 rings (SSSR count). The first kappa shape index (κ1) is 11.6. The number of aromatic nitrogens is 1. The summed E-state index contributed by atoms with van der Waals surface area (Å²) >= 11 is 6.48. The van der Waals surface area contributed by atoms with E-state index < -0.39 is 12.0 Å². The van der Waals surface area contributed by atoms with Crippen molar-refractivity contribution in [3.8, 4) is 0 Å². The van der Waals surface area contributed by atoms with Gasteiger partial charge in [-0.25, -0.2) is 4.98 Å². The van der Waals surface area contributed by atoms with Crippen molar-refractivity contribution in [2.45, 2.75) is 12.5 Å². The highest BCUT2D eigenvalue weighted by atomic mass is 79.9. The molecule has 0 unspecified atom stereocenters. The average Bonchev–Trinajstić information content (AvgIpc) is 2.08. The molecule has 1 heterocycles. The van der Waals surface area contributed by atoms with Crippen LogP contribution in [0, 0.1) is 0 Å². The lowest BCUT2D eigenvalue weighted by molar-refractivity contribution is -0.137. The van der Waals surface area contributed by atoms with Gasteiger partial charge in [-0.2, -0.15) is 0 Å². The van der Waals surface area contributed by atoms with Crippen molar-refractivity contribution in [2.75, 3.05) is 0 Å². The minimum atomic E-state index is -0.920. The normalized spacial score (nSPS) is 12.5. The summed E-state index contributed by atoms with van der Waals surface area (Å²) in [5.74, 6) is -0.920. The zero-order chi connectivity index (χ0) is 10.7. The minimum absolute atomic E-state index is 0.101. The van der Waals surface area contributed by atoms with Crippen molar-refractivity contribution in [3.05, 3.63) is 26.9 Å². The number of hydrogen-bond donors (Lipinski definition) is 2. The molecule has 0 saturated heterocycles. The maximum atomic E-state index is 10.4. The zero-order valence-electron chi connectivity index (χ0n) is 7.08. The molecule has 0 amide bonds. The predicted octanol–water partition coefficient (Wildman–Crippen LogP) is 2.08. The van der Waals surface area contributed by atoms with Crippen LogP contribution in [0.15, 0.2) is 21.3 Å². The number of pyridine rings is 1. The molecular weight excluding hydrogens is 316 g/mol. The molecule has 0 saturated carbocycles. The first-order chi connectivity index (χ1) is 6.50. The van der Waals surface area contributed by atoms with E-state index in [0.717, 1.165) is 4.47 Å². The van der Waals surface area contributed by atoms with E-state index in [0.29, 0.717) is 10.2 Å². The van der Waals surface area contributed by atoms with E-state index in [-0.39, 0.29) is 6.42 Å². The summed E-state index contributed by atoms with van der Waals surface area (Å²) in [6.07, 6.45) is 1.46. The van der Waals surface area contributed by atoms with Gasteiger partial charge in [-0.15, -0.1) is 0 Å². The molecule has 0 aliphatic heterocycles. The highest BCUT2D eigenvalue weighted by Crippen LogP contribution is 2.24. The van der Waals surface area contributed by atoms with E-state index in [2.05, 4.69) is 36.8 Å². The lowest BCUT2D eigenvalue weighted by Crippen LogP contribution is -2.15. The number of hydrogen-bond acceptors (Lipinski definition) is 3. The van der Waals surface area contributed by atoms with Gasteiger partial charge in [0.05, 0.1) is 10.9 Å². The van der Waals surface area contributed by atoms with Crippen LogP contribution in [0.5, 0.6) is 0 Å². The van der Waals surface area contributed by atoms with Crippen LogP contribution >= 0.6 is 31.9 Å². The second-order valence-corrected chi connectivity index (χ2v) is 4.35. The second kappa shape index (κ2) is 4.86. The van der Waals surface area contributed by atoms with Gasteiger partial charge in [-0.3, -0.25) is 4.79 Å². The Morgan fingerprint density at radius 2 is 2.29 bits per heavy atom. The molecule has 1 atom stereocenters. The van der Waals surface area contributed by atoms with Crippen LogP contribution in [0.2, 0.25) is 0 Å². The molecule has 0 fully saturated rings. The Balaban J connectivity index is 2.85. The van der Waals surface area contributed by atoms with Crippen molar-refractivity contribution in [2.24, 2.45) is 5.73 Å². The highest BCUT2D eigenvalue weighted by molar-refractivity contribution is 9.13. The van der Waals surface area contributed by atoms with Gasteiger partial charge in [0, 0.05) is 12.2 Å². The molecule has 1 aromatic heterocycles. The van der Waals surface area contributed by atoms with Crippen molar-refractivity contribution >= 4 is 37.8 Å². The standard InChI is InChI=1S/C8H8Br2N2O2/c9-5-1-4(3-12-8(5)10)6(11)2-7(13)14/h1,3,6H,2,11H2,(H,13,14)/t6-/m0/s1. The number of nitrogens with two attached hydrogens (primary N) is 1. The van der Waals surface area contributed by atoms with Crippen LogP contribution in [0.1, 0.15) is 18.0 Å². The molecule has 0 aliphatic carbocycles. The summed E-state index contributed by atoms with van der Waals surface area (Å²) in [7, 11) is 0. The third-order valence-corrected chi connectivity index (χ3v) is 3.41. The largest absolute Gasteiger partial charge is 0.481 e. The summed E-state index contributed by atoms with van der Waals surface area (Å²) in [5.41, 5.74) is 6.35. The van der Waals surface area contributed by atoms with Crippen LogP contribution in [-0.4, -0.2) is 16.1 Å². The molecule has 14 heavy (non-hydrogen) atoms. The fraction of sp³-hybridized carbons (Fsp3) is 0.250. The zero-order valence-corrected chi connectivity index (χ0v) is 10.2. The topological polar surface area (TPSA) is 76.2 Å². The summed E-state index contributed by atoms with van der Waals surface area (Å²) in [6, 6.07) is 1.23. The van der Waals surface area contributed by atoms with Crippen molar-refractivity contribution in [1.29, 1.82) is 0 Å². The number of carboxylic acid groups (broad SMARTS) is 1. The Kier molecular flexibility index (Phi) is 4.03. The average molecular weight is 324 g/mol. The molecule has 1 aromatic rings. The monoisotopic (exact) mass is 322 g/mol. The maximum absolute atomic E-state index is 10.4. The molecule has 76 valence electrons. The molecule has 3 N–H and O–H groups in total. The quantitative estimate of drug-likeness (QED) is 0.835. The van der Waals surface area contributed by atoms with Crippen molar-refractivity contribution < 1.29 is 9.90 Å². The summed E-state index contributed by atoms with van der Waals surface area (Å²) in [4.78, 5) is 14.4. The fourth-order valence-electron chi connectivity index (χ4n) is 0.945. The van der Waals surface area contributed by atoms with E-state index >= 15 is 0 Å². The number of aliphatic carboxylic acids is 1. The van der Waals surface area contributed by atoms with E-state index in [1.54, 1.807) is 12.3 Å². The van der Waals surface area contributed by atoms with Gasteiger partial charge in [-0.05, 0) is 43.5 Å². The van der Waals surface area contributed by atoms with Crippen LogP contribution in [-0.2, 0) is 4.79 Å². The summed E-state index contributed by atoms with van der Waals surface area (Å²) < 4.78 is 1.43. The van der Waals surface area contributed by atoms with Gasteiger partial charge in [0.15, 0.2) is 0 Å². The van der Waals surface area contributed by atoms with Crippen LogP contribution in [0.25, 0.3) is 0 Å². The van der Waals surface area contributed by atoms with Crippen molar-refractivity contribution in [1.82, 2.24) is 4.98 Å². The molecule has 0 spiro atoms. The number of halogens is 2. The van der Waals surface area contributed by atoms with E-state index in [9.17, 15) is 4.79 Å². The Morgan fingerprint density at radius 3 is 2.79 bits per heavy atom. The van der Waals surface area contributed by atoms with Crippen LogP contribution < -0.4 is 5.73 Å². The van der Waals surface area contributed by atoms with Crippen LogP contribution in [0.4, 0.5) is 0 Å². The van der Waals surface area contributed by atoms with E-state index in [4.69, 9.17) is 10.8 Å². The van der Waals surface area contributed by atoms with Gasteiger partial charge in [-0.1, -0.05) is 0 Å². The molecule has 6 heteroatoms. The minimum Gasteiger partial charge on any atom is -0.481 e. The third-order valence-electron chi connectivity index (χ3n) is 1.64. The SMILES string of the molecule is N[C@@H](CC(=O)O)c1cnc(Br)c(Br)c1. The van der Waals surface area contributed by atoms with E-state index in [1.807, 2.05) is 0 Å². The van der Waals surface area contributed by atoms with E-state index in [1.165, 1.54) is 0 Å². The predicted molar refractivity (Wildman–Crippen MR) is 58.8 cm³/mol. The van der Waals surface area contributed by atoms with Gasteiger partial charge < -0.3 is 10.8 Å². The molecule has 0 radical (unpaired) electrons. The fourth-order valence-corrected chi connectivity index (χ4v) is 1.53. The number of rotatable bonds is 3. The Bertz CT molecular complexity index is 357. The number of nitrogens with zero attached hydrogens (tertiary/aromatic N) is 1. The van der Waals surface area contributed by atoms with Gasteiger partial charge >= 0.3 is 5.97 Å². The molecule has 0 aromatic carbocycles. The van der Waals surface area contributed by atoms with Crippen molar-refractivity contribution in [3.63, 3.8) is 0 Å². The summed E-state index contributed by atoms with van der Waals surface area (Å²) in [5, 5.41) is 8.55. The second-order valence-electron chi connectivity index (χ2n) is 2.75. The first-order valence-corrected chi connectivity index (χ1v) is 5.37. The van der Waals surface area contributed by atoms with Gasteiger partial charge in [0.2, 0.25) is 0 Å². The van der Waals surface area contributed by atoms with Crippen LogP contribution in [0.3, 0.4) is 0 Å². The summed E-state index contributed by atoms with van der Waals surface area (Å²) in [6.45, 7) is 0. The molecular formula is C8H8Br2N2O2. The third kappa shape index (κ3) is 3.04. The highest BCUT2D eigenvalue weighted by Gasteiger charge is 2.12. The van der Waals surface area contributed by atoms with Gasteiger partial charge in [0.25, 0.3) is 0 Å².